The Hall–Kier alpha value is -0.560. The minimum Gasteiger partial charge on any atom is -0.382 e. The fourth-order valence-electron chi connectivity index (χ4n) is 1.29. The molecule has 0 aromatic carbocycles. The molecule has 0 saturated heterocycles. The summed E-state index contributed by atoms with van der Waals surface area (Å²) >= 11 is 1.61. The SMILES string of the molecule is COCCOCc1nnc(CCNC(C)(C)C)s1. The molecule has 1 rings (SSSR count). The highest BCUT2D eigenvalue weighted by Crippen LogP contribution is 2.11. The number of nitrogens with zero attached hydrogens (tertiary/aromatic N) is 2. The van der Waals surface area contributed by atoms with Crippen molar-refractivity contribution in [3.8, 4) is 0 Å². The minimum atomic E-state index is 0.150. The second kappa shape index (κ2) is 7.78. The fraction of sp³-hybridized carbons (Fsp3) is 0.833. The van der Waals surface area contributed by atoms with Crippen LogP contribution < -0.4 is 5.32 Å². The van der Waals surface area contributed by atoms with Gasteiger partial charge in [0, 0.05) is 25.6 Å². The molecule has 5 nitrogen and oxygen atoms in total. The highest BCUT2D eigenvalue weighted by atomic mass is 32.1. The maximum atomic E-state index is 5.40. The third-order valence-electron chi connectivity index (χ3n) is 2.16. The van der Waals surface area contributed by atoms with Crippen LogP contribution >= 0.6 is 11.3 Å². The minimum absolute atomic E-state index is 0.150. The van der Waals surface area contributed by atoms with E-state index in [2.05, 4.69) is 36.3 Å². The summed E-state index contributed by atoms with van der Waals surface area (Å²) in [5.74, 6) is 0. The molecule has 0 fully saturated rings. The lowest BCUT2D eigenvalue weighted by Crippen LogP contribution is -2.37. The van der Waals surface area contributed by atoms with Crippen molar-refractivity contribution >= 4 is 11.3 Å². The summed E-state index contributed by atoms with van der Waals surface area (Å²) in [7, 11) is 1.66. The Labute approximate surface area is 113 Å². The zero-order valence-electron chi connectivity index (χ0n) is 11.7. The molecule has 0 bridgehead atoms. The van der Waals surface area contributed by atoms with Gasteiger partial charge >= 0.3 is 0 Å². The summed E-state index contributed by atoms with van der Waals surface area (Å²) in [5, 5.41) is 13.7. The van der Waals surface area contributed by atoms with Gasteiger partial charge in [0.15, 0.2) is 0 Å². The Morgan fingerprint density at radius 2 is 1.89 bits per heavy atom. The van der Waals surface area contributed by atoms with Gasteiger partial charge in [-0.3, -0.25) is 0 Å². The van der Waals surface area contributed by atoms with E-state index in [9.17, 15) is 0 Å². The number of hydrogen-bond acceptors (Lipinski definition) is 6. The molecule has 6 heteroatoms. The molecule has 0 amide bonds. The molecule has 0 aliphatic rings. The Morgan fingerprint density at radius 1 is 1.17 bits per heavy atom. The van der Waals surface area contributed by atoms with Crippen LogP contribution in [0.1, 0.15) is 30.8 Å². The summed E-state index contributed by atoms with van der Waals surface area (Å²) < 4.78 is 10.3. The van der Waals surface area contributed by atoms with Gasteiger partial charge in [-0.2, -0.15) is 0 Å². The second-order valence-electron chi connectivity index (χ2n) is 5.06. The molecule has 1 N–H and O–H groups in total. The normalized spacial score (nSPS) is 12.0. The zero-order chi connectivity index (χ0) is 13.4. The molecular formula is C12H23N3O2S. The predicted octanol–water partition coefficient (Wildman–Crippen LogP) is 1.63. The number of hydrogen-bond donors (Lipinski definition) is 1. The smallest absolute Gasteiger partial charge is 0.143 e. The van der Waals surface area contributed by atoms with Crippen LogP contribution in [-0.2, 0) is 22.5 Å². The molecule has 1 aromatic rings. The van der Waals surface area contributed by atoms with E-state index in [0.29, 0.717) is 19.8 Å². The van der Waals surface area contributed by atoms with Crippen molar-refractivity contribution in [1.82, 2.24) is 15.5 Å². The van der Waals surface area contributed by atoms with Gasteiger partial charge < -0.3 is 14.8 Å². The van der Waals surface area contributed by atoms with Crippen LogP contribution in [-0.4, -0.2) is 42.6 Å². The van der Waals surface area contributed by atoms with Gasteiger partial charge in [0.2, 0.25) is 0 Å². The predicted molar refractivity (Wildman–Crippen MR) is 72.9 cm³/mol. The standard InChI is InChI=1S/C12H23N3O2S/c1-12(2,3)13-6-5-10-14-15-11(18-10)9-17-8-7-16-4/h13H,5-9H2,1-4H3. The topological polar surface area (TPSA) is 56.3 Å². The van der Waals surface area contributed by atoms with E-state index < -0.39 is 0 Å². The average molecular weight is 273 g/mol. The molecule has 0 aliphatic carbocycles. The van der Waals surface area contributed by atoms with Gasteiger partial charge in [-0.25, -0.2) is 0 Å². The van der Waals surface area contributed by atoms with Crippen LogP contribution in [0.2, 0.25) is 0 Å². The lowest BCUT2D eigenvalue weighted by Gasteiger charge is -2.19. The number of aromatic nitrogens is 2. The molecule has 104 valence electrons. The molecule has 0 aliphatic heterocycles. The van der Waals surface area contributed by atoms with Crippen LogP contribution in [0.25, 0.3) is 0 Å². The maximum absolute atomic E-state index is 5.40. The largest absolute Gasteiger partial charge is 0.382 e. The van der Waals surface area contributed by atoms with E-state index in [-0.39, 0.29) is 5.54 Å². The van der Waals surface area contributed by atoms with Gasteiger partial charge in [0.1, 0.15) is 16.6 Å². The Bertz CT molecular complexity index is 336. The van der Waals surface area contributed by atoms with Gasteiger partial charge in [-0.15, -0.1) is 10.2 Å². The second-order valence-corrected chi connectivity index (χ2v) is 6.21. The zero-order valence-corrected chi connectivity index (χ0v) is 12.5. The molecule has 0 radical (unpaired) electrons. The summed E-state index contributed by atoms with van der Waals surface area (Å²) in [6, 6.07) is 0. The Kier molecular flexibility index (Phi) is 6.70. The molecule has 1 aromatic heterocycles. The number of rotatable bonds is 8. The van der Waals surface area contributed by atoms with Crippen LogP contribution in [0.15, 0.2) is 0 Å². The van der Waals surface area contributed by atoms with Crippen LogP contribution in [0.5, 0.6) is 0 Å². The van der Waals surface area contributed by atoms with E-state index in [0.717, 1.165) is 23.0 Å². The van der Waals surface area contributed by atoms with Gasteiger partial charge in [-0.05, 0) is 20.8 Å². The quantitative estimate of drug-likeness (QED) is 0.730. The monoisotopic (exact) mass is 273 g/mol. The Morgan fingerprint density at radius 3 is 2.56 bits per heavy atom. The highest BCUT2D eigenvalue weighted by Gasteiger charge is 2.09. The third-order valence-corrected chi connectivity index (χ3v) is 3.12. The van der Waals surface area contributed by atoms with Crippen molar-refractivity contribution in [2.45, 2.75) is 39.3 Å². The summed E-state index contributed by atoms with van der Waals surface area (Å²) in [6.45, 7) is 9.11. The van der Waals surface area contributed by atoms with Crippen molar-refractivity contribution in [2.75, 3.05) is 26.9 Å². The molecule has 0 spiro atoms. The first-order valence-corrected chi connectivity index (χ1v) is 6.96. The van der Waals surface area contributed by atoms with E-state index >= 15 is 0 Å². The van der Waals surface area contributed by atoms with Crippen molar-refractivity contribution in [2.24, 2.45) is 0 Å². The Balaban J connectivity index is 2.21. The third kappa shape index (κ3) is 7.00. The lowest BCUT2D eigenvalue weighted by atomic mass is 10.1. The van der Waals surface area contributed by atoms with Crippen molar-refractivity contribution < 1.29 is 9.47 Å². The molecule has 0 saturated carbocycles. The number of nitrogens with one attached hydrogen (secondary N) is 1. The first-order chi connectivity index (χ1) is 8.51. The molecule has 1 heterocycles. The van der Waals surface area contributed by atoms with Gasteiger partial charge in [-0.1, -0.05) is 11.3 Å². The summed E-state index contributed by atoms with van der Waals surface area (Å²) in [6.07, 6.45) is 0.910. The van der Waals surface area contributed by atoms with Crippen LogP contribution in [0.3, 0.4) is 0 Å². The number of ether oxygens (including phenoxy) is 2. The van der Waals surface area contributed by atoms with E-state index in [1.165, 1.54) is 0 Å². The maximum Gasteiger partial charge on any atom is 0.143 e. The highest BCUT2D eigenvalue weighted by molar-refractivity contribution is 7.11. The van der Waals surface area contributed by atoms with Crippen LogP contribution in [0.4, 0.5) is 0 Å². The van der Waals surface area contributed by atoms with Gasteiger partial charge in [0.05, 0.1) is 13.2 Å². The first kappa shape index (κ1) is 15.5. The van der Waals surface area contributed by atoms with Gasteiger partial charge in [0.25, 0.3) is 0 Å². The van der Waals surface area contributed by atoms with E-state index in [1.54, 1.807) is 18.4 Å². The molecule has 18 heavy (non-hydrogen) atoms. The van der Waals surface area contributed by atoms with Crippen molar-refractivity contribution in [3.05, 3.63) is 10.0 Å². The van der Waals surface area contributed by atoms with Crippen molar-refractivity contribution in [1.29, 1.82) is 0 Å². The molecule has 0 atom stereocenters. The molecule has 0 unspecified atom stereocenters. The summed E-state index contributed by atoms with van der Waals surface area (Å²) in [5.41, 5.74) is 0.150. The fourth-order valence-corrected chi connectivity index (χ4v) is 2.08. The van der Waals surface area contributed by atoms with Crippen LogP contribution in [0, 0.1) is 0 Å². The lowest BCUT2D eigenvalue weighted by molar-refractivity contribution is 0.0613. The first-order valence-electron chi connectivity index (χ1n) is 6.14. The average Bonchev–Trinajstić information content (AvgIpc) is 2.71. The summed E-state index contributed by atoms with van der Waals surface area (Å²) in [4.78, 5) is 0. The van der Waals surface area contributed by atoms with E-state index in [4.69, 9.17) is 9.47 Å². The molecular weight excluding hydrogens is 250 g/mol. The van der Waals surface area contributed by atoms with Crippen molar-refractivity contribution in [3.63, 3.8) is 0 Å². The van der Waals surface area contributed by atoms with E-state index in [1.807, 2.05) is 0 Å². The number of methoxy groups -OCH3 is 1.